The van der Waals surface area contributed by atoms with Crippen molar-refractivity contribution in [3.05, 3.63) is 34.9 Å². The van der Waals surface area contributed by atoms with E-state index in [4.69, 9.17) is 11.6 Å². The molecule has 0 heterocycles. The minimum Gasteiger partial charge on any atom is -0.354 e. The number of rotatable bonds is 4. The predicted molar refractivity (Wildman–Crippen MR) is 79.3 cm³/mol. The van der Waals surface area contributed by atoms with Gasteiger partial charge in [0.1, 0.15) is 5.41 Å². The van der Waals surface area contributed by atoms with Crippen molar-refractivity contribution in [3.8, 4) is 6.07 Å². The number of carbonyl (C=O) groups is 1. The van der Waals surface area contributed by atoms with E-state index in [1.807, 2.05) is 24.3 Å². The Kier molecular flexibility index (Phi) is 5.03. The summed E-state index contributed by atoms with van der Waals surface area (Å²) in [7, 11) is 0. The van der Waals surface area contributed by atoms with Crippen molar-refractivity contribution in [2.45, 2.75) is 38.5 Å². The van der Waals surface area contributed by atoms with Crippen LogP contribution in [0.2, 0.25) is 5.02 Å². The van der Waals surface area contributed by atoms with Crippen molar-refractivity contribution in [1.29, 1.82) is 5.26 Å². The van der Waals surface area contributed by atoms with Gasteiger partial charge in [-0.3, -0.25) is 4.79 Å². The number of carbonyl (C=O) groups excluding carboxylic acids is 1. The van der Waals surface area contributed by atoms with Crippen molar-refractivity contribution >= 4 is 17.5 Å². The van der Waals surface area contributed by atoms with Crippen LogP contribution in [0.3, 0.4) is 0 Å². The normalized spacial score (nSPS) is 17.2. The summed E-state index contributed by atoms with van der Waals surface area (Å²) in [6, 6.07) is 9.84. The van der Waals surface area contributed by atoms with Gasteiger partial charge in [0.25, 0.3) is 0 Å². The minimum absolute atomic E-state index is 0.103. The summed E-state index contributed by atoms with van der Waals surface area (Å²) in [5.74, 6) is -0.103. The number of nitriles is 1. The molecule has 1 aromatic carbocycles. The largest absolute Gasteiger partial charge is 0.354 e. The van der Waals surface area contributed by atoms with Crippen molar-refractivity contribution in [2.24, 2.45) is 5.41 Å². The van der Waals surface area contributed by atoms with Gasteiger partial charge in [-0.05, 0) is 37.0 Å². The van der Waals surface area contributed by atoms with Gasteiger partial charge >= 0.3 is 0 Å². The molecular formula is C16H19ClN2O. The molecule has 1 saturated carbocycles. The van der Waals surface area contributed by atoms with Gasteiger partial charge in [-0.25, -0.2) is 0 Å². The first-order chi connectivity index (χ1) is 9.66. The Balaban J connectivity index is 1.85. The van der Waals surface area contributed by atoms with Crippen LogP contribution < -0.4 is 5.32 Å². The summed E-state index contributed by atoms with van der Waals surface area (Å²) in [5, 5.41) is 13.0. The molecule has 1 amide bonds. The molecule has 0 atom stereocenters. The minimum atomic E-state index is -0.793. The lowest BCUT2D eigenvalue weighted by Gasteiger charge is -2.29. The fraction of sp³-hybridized carbons (Fsp3) is 0.500. The van der Waals surface area contributed by atoms with Gasteiger partial charge in [-0.15, -0.1) is 0 Å². The standard InChI is InChI=1S/C16H19ClN2O/c17-14-6-4-13(5-7-14)8-11-19-15(20)16(12-18)9-2-1-3-10-16/h4-7H,1-3,8-11H2,(H,19,20). The second-order valence-electron chi connectivity index (χ2n) is 5.39. The monoisotopic (exact) mass is 290 g/mol. The number of benzene rings is 1. The van der Waals surface area contributed by atoms with E-state index >= 15 is 0 Å². The van der Waals surface area contributed by atoms with Crippen LogP contribution in [0.25, 0.3) is 0 Å². The van der Waals surface area contributed by atoms with Gasteiger partial charge in [0, 0.05) is 11.6 Å². The molecular weight excluding hydrogens is 272 g/mol. The molecule has 0 saturated heterocycles. The van der Waals surface area contributed by atoms with E-state index in [0.717, 1.165) is 31.2 Å². The third kappa shape index (κ3) is 3.52. The Hall–Kier alpha value is -1.53. The van der Waals surface area contributed by atoms with Crippen LogP contribution in [0.5, 0.6) is 0 Å². The van der Waals surface area contributed by atoms with Gasteiger partial charge in [0.15, 0.2) is 0 Å². The molecule has 1 aliphatic rings. The average Bonchev–Trinajstić information content (AvgIpc) is 2.50. The van der Waals surface area contributed by atoms with E-state index in [1.165, 1.54) is 0 Å². The Morgan fingerprint density at radius 3 is 2.50 bits per heavy atom. The molecule has 1 N–H and O–H groups in total. The lowest BCUT2D eigenvalue weighted by Crippen LogP contribution is -2.42. The Labute approximate surface area is 124 Å². The lowest BCUT2D eigenvalue weighted by atomic mass is 9.74. The summed E-state index contributed by atoms with van der Waals surface area (Å²) >= 11 is 5.83. The molecule has 0 bridgehead atoms. The highest BCUT2D eigenvalue weighted by atomic mass is 35.5. The summed E-state index contributed by atoms with van der Waals surface area (Å²) in [6.45, 7) is 0.559. The van der Waals surface area contributed by atoms with E-state index in [-0.39, 0.29) is 5.91 Å². The van der Waals surface area contributed by atoms with Crippen molar-refractivity contribution in [2.75, 3.05) is 6.54 Å². The predicted octanol–water partition coefficient (Wildman–Crippen LogP) is 3.47. The van der Waals surface area contributed by atoms with E-state index < -0.39 is 5.41 Å². The molecule has 20 heavy (non-hydrogen) atoms. The maximum absolute atomic E-state index is 12.2. The maximum Gasteiger partial charge on any atom is 0.240 e. The molecule has 0 aromatic heterocycles. The van der Waals surface area contributed by atoms with Crippen molar-refractivity contribution in [3.63, 3.8) is 0 Å². The smallest absolute Gasteiger partial charge is 0.240 e. The topological polar surface area (TPSA) is 52.9 Å². The highest BCUT2D eigenvalue weighted by Crippen LogP contribution is 2.35. The third-order valence-corrected chi connectivity index (χ3v) is 4.22. The second-order valence-corrected chi connectivity index (χ2v) is 5.82. The van der Waals surface area contributed by atoms with Crippen LogP contribution in [-0.4, -0.2) is 12.5 Å². The number of nitrogens with one attached hydrogen (secondary N) is 1. The molecule has 2 rings (SSSR count). The van der Waals surface area contributed by atoms with Gasteiger partial charge in [-0.2, -0.15) is 5.26 Å². The number of hydrogen-bond acceptors (Lipinski definition) is 2. The molecule has 0 unspecified atom stereocenters. The first kappa shape index (κ1) is 14.9. The fourth-order valence-electron chi connectivity index (χ4n) is 2.69. The zero-order chi connectivity index (χ0) is 14.4. The van der Waals surface area contributed by atoms with E-state index in [1.54, 1.807) is 0 Å². The summed E-state index contributed by atoms with van der Waals surface area (Å²) < 4.78 is 0. The maximum atomic E-state index is 12.2. The SMILES string of the molecule is N#CC1(C(=O)NCCc2ccc(Cl)cc2)CCCCC1. The molecule has 0 radical (unpaired) electrons. The molecule has 0 aliphatic heterocycles. The number of amides is 1. The van der Waals surface area contributed by atoms with Gasteiger partial charge in [0.05, 0.1) is 6.07 Å². The number of nitrogens with zero attached hydrogens (tertiary/aromatic N) is 1. The van der Waals surface area contributed by atoms with Crippen LogP contribution in [0.4, 0.5) is 0 Å². The third-order valence-electron chi connectivity index (χ3n) is 3.97. The summed E-state index contributed by atoms with van der Waals surface area (Å²) in [5.41, 5.74) is 0.336. The van der Waals surface area contributed by atoms with E-state index in [9.17, 15) is 10.1 Å². The molecule has 1 fully saturated rings. The summed E-state index contributed by atoms with van der Waals surface area (Å²) in [4.78, 5) is 12.2. The van der Waals surface area contributed by atoms with Crippen LogP contribution in [0.1, 0.15) is 37.7 Å². The van der Waals surface area contributed by atoms with E-state index in [0.29, 0.717) is 24.4 Å². The quantitative estimate of drug-likeness (QED) is 0.923. The van der Waals surface area contributed by atoms with Crippen molar-refractivity contribution < 1.29 is 4.79 Å². The first-order valence-corrected chi connectivity index (χ1v) is 7.48. The molecule has 1 aliphatic carbocycles. The average molecular weight is 291 g/mol. The fourth-order valence-corrected chi connectivity index (χ4v) is 2.81. The zero-order valence-corrected chi connectivity index (χ0v) is 12.2. The molecule has 1 aromatic rings. The van der Waals surface area contributed by atoms with Crippen LogP contribution >= 0.6 is 11.6 Å². The Morgan fingerprint density at radius 1 is 1.25 bits per heavy atom. The molecule has 4 heteroatoms. The van der Waals surface area contributed by atoms with Crippen LogP contribution in [0.15, 0.2) is 24.3 Å². The highest BCUT2D eigenvalue weighted by molar-refractivity contribution is 6.30. The molecule has 0 spiro atoms. The summed E-state index contributed by atoms with van der Waals surface area (Å²) in [6.07, 6.45) is 5.20. The van der Waals surface area contributed by atoms with Gasteiger partial charge in [0.2, 0.25) is 5.91 Å². The van der Waals surface area contributed by atoms with Crippen LogP contribution in [0, 0.1) is 16.7 Å². The van der Waals surface area contributed by atoms with Gasteiger partial charge in [-0.1, -0.05) is 43.0 Å². The lowest BCUT2D eigenvalue weighted by molar-refractivity contribution is -0.129. The highest BCUT2D eigenvalue weighted by Gasteiger charge is 2.39. The second kappa shape index (κ2) is 6.76. The Morgan fingerprint density at radius 2 is 1.90 bits per heavy atom. The van der Waals surface area contributed by atoms with E-state index in [2.05, 4.69) is 11.4 Å². The number of hydrogen-bond donors (Lipinski definition) is 1. The molecule has 106 valence electrons. The van der Waals surface area contributed by atoms with Gasteiger partial charge < -0.3 is 5.32 Å². The zero-order valence-electron chi connectivity index (χ0n) is 11.5. The number of halogens is 1. The van der Waals surface area contributed by atoms with Crippen LogP contribution in [-0.2, 0) is 11.2 Å². The van der Waals surface area contributed by atoms with Crippen molar-refractivity contribution in [1.82, 2.24) is 5.32 Å². The molecule has 3 nitrogen and oxygen atoms in total. The Bertz CT molecular complexity index is 498. The first-order valence-electron chi connectivity index (χ1n) is 7.10.